The molecule has 0 radical (unpaired) electrons. The minimum Gasteiger partial charge on any atom is -0.358 e. The van der Waals surface area contributed by atoms with Crippen LogP contribution in [-0.4, -0.2) is 33.5 Å². The molecule has 0 bridgehead atoms. The van der Waals surface area contributed by atoms with E-state index < -0.39 is 6.04 Å². The summed E-state index contributed by atoms with van der Waals surface area (Å²) in [5.41, 5.74) is 2.28. The highest BCUT2D eigenvalue weighted by atomic mass is 35.5. The zero-order valence-corrected chi connectivity index (χ0v) is 20.9. The van der Waals surface area contributed by atoms with Gasteiger partial charge >= 0.3 is 0 Å². The average Bonchev–Trinajstić information content (AvgIpc) is 3.44. The van der Waals surface area contributed by atoms with Crippen LogP contribution in [0.4, 0.5) is 17.5 Å². The molecule has 0 saturated carbocycles. The van der Waals surface area contributed by atoms with Gasteiger partial charge in [0.15, 0.2) is 5.69 Å². The van der Waals surface area contributed by atoms with Crippen LogP contribution in [0.2, 0.25) is 10.0 Å². The van der Waals surface area contributed by atoms with Crippen molar-refractivity contribution in [3.05, 3.63) is 106 Å². The summed E-state index contributed by atoms with van der Waals surface area (Å²) in [5.74, 6) is 1.33. The maximum Gasteiger partial charge on any atom is 0.243 e. The molecule has 8 nitrogen and oxygen atoms in total. The van der Waals surface area contributed by atoms with Crippen LogP contribution in [0.25, 0.3) is 10.7 Å². The van der Waals surface area contributed by atoms with Gasteiger partial charge in [0.25, 0.3) is 0 Å². The maximum atomic E-state index is 13.3. The first-order valence-corrected chi connectivity index (χ1v) is 11.9. The fourth-order valence-corrected chi connectivity index (χ4v) is 3.85. The predicted molar refractivity (Wildman–Crippen MR) is 143 cm³/mol. The molecule has 0 aliphatic rings. The second-order valence-electron chi connectivity index (χ2n) is 7.92. The topological polar surface area (TPSA) is 88.2 Å². The highest BCUT2D eigenvalue weighted by Gasteiger charge is 2.21. The predicted octanol–water partition coefficient (Wildman–Crippen LogP) is 5.51. The molecule has 1 amide bonds. The van der Waals surface area contributed by atoms with Crippen LogP contribution in [0.3, 0.4) is 0 Å². The van der Waals surface area contributed by atoms with E-state index in [2.05, 4.69) is 30.8 Å². The van der Waals surface area contributed by atoms with Gasteiger partial charge in [-0.25, -0.2) is 4.85 Å². The monoisotopic (exact) mass is 519 g/mol. The zero-order chi connectivity index (χ0) is 25.5. The van der Waals surface area contributed by atoms with Gasteiger partial charge < -0.3 is 20.5 Å². The summed E-state index contributed by atoms with van der Waals surface area (Å²) in [6, 6.07) is 17.3. The number of aromatic nitrogens is 3. The van der Waals surface area contributed by atoms with E-state index in [9.17, 15) is 4.79 Å². The molecule has 10 heteroatoms. The first-order valence-electron chi connectivity index (χ1n) is 11.1. The highest BCUT2D eigenvalue weighted by molar-refractivity contribution is 6.42. The van der Waals surface area contributed by atoms with E-state index >= 15 is 0 Å². The number of rotatable bonds is 9. The molecule has 4 rings (SSSR count). The quantitative estimate of drug-likeness (QED) is 0.254. The smallest absolute Gasteiger partial charge is 0.243 e. The van der Waals surface area contributed by atoms with Crippen molar-refractivity contribution in [3.8, 4) is 5.82 Å². The lowest BCUT2D eigenvalue weighted by molar-refractivity contribution is -0.122. The number of nitrogens with zero attached hydrogens (tertiary/aromatic N) is 4. The Morgan fingerprint density at radius 3 is 2.42 bits per heavy atom. The van der Waals surface area contributed by atoms with Gasteiger partial charge in [0.1, 0.15) is 17.7 Å². The summed E-state index contributed by atoms with van der Waals surface area (Å²) >= 11 is 12.3. The lowest BCUT2D eigenvalue weighted by Crippen LogP contribution is -2.41. The molecule has 4 aromatic rings. The Morgan fingerprint density at radius 2 is 1.75 bits per heavy atom. The molecule has 0 aliphatic heterocycles. The van der Waals surface area contributed by atoms with Crippen LogP contribution in [0.15, 0.2) is 73.1 Å². The summed E-state index contributed by atoms with van der Waals surface area (Å²) in [6.45, 7) is 7.40. The standard InChI is InChI=1S/C26H23Cl2N7O/c1-29-19-8-5-17(6-9-19)16-31-25(36)22(14-18-7-10-20(27)21(28)13-18)32-23-15-24(34-26(30-2)33-23)35-11-3-4-12-35/h3-13,15,22H,14,16H2,2H3,(H,31,36)(H2,30,32,33,34). The summed E-state index contributed by atoms with van der Waals surface area (Å²) in [7, 11) is 1.73. The van der Waals surface area contributed by atoms with Crippen molar-refractivity contribution in [1.82, 2.24) is 19.9 Å². The Bertz CT molecular complexity index is 1380. The molecular weight excluding hydrogens is 497 g/mol. The third-order valence-electron chi connectivity index (χ3n) is 5.40. The van der Waals surface area contributed by atoms with Gasteiger partial charge in [-0.15, -0.1) is 0 Å². The summed E-state index contributed by atoms with van der Waals surface area (Å²) in [5, 5.41) is 10.1. The molecule has 0 fully saturated rings. The van der Waals surface area contributed by atoms with Crippen molar-refractivity contribution in [1.29, 1.82) is 0 Å². The van der Waals surface area contributed by atoms with Crippen LogP contribution >= 0.6 is 23.2 Å². The van der Waals surface area contributed by atoms with Crippen molar-refractivity contribution in [2.24, 2.45) is 0 Å². The molecule has 2 heterocycles. The van der Waals surface area contributed by atoms with E-state index in [0.29, 0.717) is 46.3 Å². The molecule has 2 aromatic heterocycles. The summed E-state index contributed by atoms with van der Waals surface area (Å²) < 4.78 is 1.86. The fraction of sp³-hybridized carbons (Fsp3) is 0.154. The minimum atomic E-state index is -0.665. The summed E-state index contributed by atoms with van der Waals surface area (Å²) in [6.07, 6.45) is 4.10. The molecule has 1 unspecified atom stereocenters. The Hall–Kier alpha value is -4.06. The summed E-state index contributed by atoms with van der Waals surface area (Å²) in [4.78, 5) is 25.7. The molecule has 36 heavy (non-hydrogen) atoms. The second-order valence-corrected chi connectivity index (χ2v) is 8.74. The van der Waals surface area contributed by atoms with Crippen molar-refractivity contribution < 1.29 is 4.79 Å². The Labute approximate surface area is 219 Å². The molecule has 2 aromatic carbocycles. The normalized spacial score (nSPS) is 11.4. The second kappa shape index (κ2) is 11.6. The number of nitrogens with one attached hydrogen (secondary N) is 3. The molecule has 0 saturated heterocycles. The number of benzene rings is 2. The van der Waals surface area contributed by atoms with E-state index in [1.54, 1.807) is 37.4 Å². The van der Waals surface area contributed by atoms with Crippen LogP contribution in [0, 0.1) is 6.57 Å². The van der Waals surface area contributed by atoms with Gasteiger partial charge in [0, 0.05) is 38.5 Å². The van der Waals surface area contributed by atoms with Gasteiger partial charge in [0.2, 0.25) is 11.9 Å². The van der Waals surface area contributed by atoms with E-state index in [0.717, 1.165) is 11.1 Å². The molecular formula is C26H23Cl2N7O. The van der Waals surface area contributed by atoms with Crippen molar-refractivity contribution in [2.75, 3.05) is 17.7 Å². The Balaban J connectivity index is 1.58. The van der Waals surface area contributed by atoms with Gasteiger partial charge in [-0.05, 0) is 35.4 Å². The van der Waals surface area contributed by atoms with Crippen molar-refractivity contribution in [2.45, 2.75) is 19.0 Å². The first-order chi connectivity index (χ1) is 17.4. The maximum absolute atomic E-state index is 13.3. The fourth-order valence-electron chi connectivity index (χ4n) is 3.53. The number of anilines is 2. The minimum absolute atomic E-state index is 0.220. The largest absolute Gasteiger partial charge is 0.358 e. The van der Waals surface area contributed by atoms with E-state index in [-0.39, 0.29) is 5.91 Å². The number of halogens is 2. The molecule has 0 spiro atoms. The van der Waals surface area contributed by atoms with Gasteiger partial charge in [-0.2, -0.15) is 9.97 Å². The van der Waals surface area contributed by atoms with Gasteiger partial charge in [-0.3, -0.25) is 4.79 Å². The molecule has 3 N–H and O–H groups in total. The van der Waals surface area contributed by atoms with Crippen molar-refractivity contribution >= 4 is 46.6 Å². The molecule has 0 aliphatic carbocycles. The third-order valence-corrected chi connectivity index (χ3v) is 6.14. The molecule has 1 atom stereocenters. The van der Waals surface area contributed by atoms with Crippen LogP contribution in [0.1, 0.15) is 11.1 Å². The van der Waals surface area contributed by atoms with Crippen molar-refractivity contribution in [3.63, 3.8) is 0 Å². The first kappa shape index (κ1) is 25.0. The third kappa shape index (κ3) is 6.33. The average molecular weight is 520 g/mol. The van der Waals surface area contributed by atoms with Crippen LogP contribution < -0.4 is 16.0 Å². The lowest BCUT2D eigenvalue weighted by Gasteiger charge is -2.20. The van der Waals surface area contributed by atoms with E-state index in [1.165, 1.54) is 0 Å². The number of carbonyl (C=O) groups is 1. The van der Waals surface area contributed by atoms with Gasteiger partial charge in [-0.1, -0.05) is 53.5 Å². The number of hydrogen-bond donors (Lipinski definition) is 3. The number of hydrogen-bond acceptors (Lipinski definition) is 5. The number of amides is 1. The van der Waals surface area contributed by atoms with E-state index in [4.69, 9.17) is 29.8 Å². The lowest BCUT2D eigenvalue weighted by atomic mass is 10.0. The Morgan fingerprint density at radius 1 is 1.03 bits per heavy atom. The van der Waals surface area contributed by atoms with Crippen LogP contribution in [-0.2, 0) is 17.8 Å². The highest BCUT2D eigenvalue weighted by Crippen LogP contribution is 2.24. The van der Waals surface area contributed by atoms with Crippen LogP contribution in [0.5, 0.6) is 0 Å². The Kier molecular flexibility index (Phi) is 8.06. The van der Waals surface area contributed by atoms with E-state index in [1.807, 2.05) is 47.3 Å². The molecule has 182 valence electrons. The zero-order valence-electron chi connectivity index (χ0n) is 19.4. The SMILES string of the molecule is [C-]#[N+]c1ccc(CNC(=O)C(Cc2ccc(Cl)c(Cl)c2)Nc2cc(-n3cccc3)nc(NC)n2)cc1. The van der Waals surface area contributed by atoms with Gasteiger partial charge in [0.05, 0.1) is 16.6 Å². The number of carbonyl (C=O) groups excluding carboxylic acids is 1.